The smallest absolute Gasteiger partial charge is 0.319 e. The molecule has 0 aliphatic carbocycles. The maximum Gasteiger partial charge on any atom is 0.319 e. The van der Waals surface area contributed by atoms with Gasteiger partial charge < -0.3 is 30.8 Å². The monoisotopic (exact) mass is 638 g/mol. The number of urea groups is 1. The van der Waals surface area contributed by atoms with Crippen LogP contribution < -0.4 is 26.2 Å². The van der Waals surface area contributed by atoms with Gasteiger partial charge >= 0.3 is 6.03 Å². The van der Waals surface area contributed by atoms with E-state index in [1.807, 2.05) is 121 Å². The summed E-state index contributed by atoms with van der Waals surface area (Å²) in [4.78, 5) is 28.0. The molecular weight excluding hydrogens is 600 g/mol. The van der Waals surface area contributed by atoms with Crippen LogP contribution in [-0.2, 0) is 13.0 Å². The molecule has 1 aromatic heterocycles. The van der Waals surface area contributed by atoms with E-state index in [1.54, 1.807) is 12.1 Å². The minimum absolute atomic E-state index is 0.234. The number of H-pyrrole nitrogens is 1. The Bertz CT molecular complexity index is 1940. The number of amides is 2. The first-order valence-electron chi connectivity index (χ1n) is 16.0. The van der Waals surface area contributed by atoms with Crippen molar-refractivity contribution in [3.63, 3.8) is 0 Å². The second kappa shape index (κ2) is 15.7. The Hall–Kier alpha value is -5.70. The highest BCUT2D eigenvalue weighted by atomic mass is 16.5. The van der Waals surface area contributed by atoms with Crippen LogP contribution in [0, 0.1) is 0 Å². The quantitative estimate of drug-likeness (QED) is 0.0885. The first-order valence-corrected chi connectivity index (χ1v) is 16.0. The Kier molecular flexibility index (Phi) is 10.6. The van der Waals surface area contributed by atoms with Crippen LogP contribution >= 0.6 is 0 Å². The molecule has 8 heteroatoms. The van der Waals surface area contributed by atoms with E-state index in [1.165, 1.54) is 6.07 Å². The van der Waals surface area contributed by atoms with Crippen molar-refractivity contribution in [3.8, 4) is 5.75 Å². The Morgan fingerprint density at radius 1 is 0.729 bits per heavy atom. The van der Waals surface area contributed by atoms with Crippen LogP contribution in [0.2, 0.25) is 0 Å². The van der Waals surface area contributed by atoms with E-state index in [0.717, 1.165) is 34.1 Å². The molecule has 0 aliphatic heterocycles. The van der Waals surface area contributed by atoms with Crippen LogP contribution in [0.15, 0.2) is 144 Å². The lowest BCUT2D eigenvalue weighted by atomic mass is 9.99. The van der Waals surface area contributed by atoms with Gasteiger partial charge in [0.05, 0.1) is 17.7 Å². The number of anilines is 1. The molecule has 2 amide bonds. The lowest BCUT2D eigenvalue weighted by Gasteiger charge is -2.20. The van der Waals surface area contributed by atoms with Gasteiger partial charge in [0.2, 0.25) is 5.56 Å². The van der Waals surface area contributed by atoms with Crippen molar-refractivity contribution in [2.24, 2.45) is 0 Å². The second-order valence-corrected chi connectivity index (χ2v) is 11.6. The van der Waals surface area contributed by atoms with Gasteiger partial charge in [-0.2, -0.15) is 0 Å². The highest BCUT2D eigenvalue weighted by Crippen LogP contribution is 2.30. The minimum atomic E-state index is -0.790. The molecule has 0 aliphatic rings. The number of carbonyl (C=O) groups excluding carboxylic acids is 1. The van der Waals surface area contributed by atoms with Crippen molar-refractivity contribution in [1.29, 1.82) is 0 Å². The van der Waals surface area contributed by atoms with E-state index in [9.17, 15) is 14.7 Å². The van der Waals surface area contributed by atoms with Gasteiger partial charge in [0.15, 0.2) is 0 Å². The van der Waals surface area contributed by atoms with Crippen LogP contribution in [0.25, 0.3) is 10.9 Å². The number of ether oxygens (including phenoxy) is 1. The fraction of sp³-hybridized carbons (Fsp3) is 0.150. The first-order chi connectivity index (χ1) is 23.5. The van der Waals surface area contributed by atoms with E-state index < -0.39 is 6.10 Å². The number of aromatic nitrogens is 1. The molecule has 242 valence electrons. The summed E-state index contributed by atoms with van der Waals surface area (Å²) < 4.78 is 6.03. The highest BCUT2D eigenvalue weighted by Gasteiger charge is 2.17. The average Bonchev–Trinajstić information content (AvgIpc) is 3.13. The summed E-state index contributed by atoms with van der Waals surface area (Å²) in [6.45, 7) is 1.35. The van der Waals surface area contributed by atoms with Crippen LogP contribution in [0.4, 0.5) is 10.5 Å². The number of benzene rings is 5. The number of aromatic amines is 1. The first kappa shape index (κ1) is 32.2. The zero-order valence-electron chi connectivity index (χ0n) is 26.4. The van der Waals surface area contributed by atoms with Crippen LogP contribution in [0.5, 0.6) is 5.75 Å². The summed E-state index contributed by atoms with van der Waals surface area (Å²) in [7, 11) is 0. The minimum Gasteiger partial charge on any atom is -0.487 e. The average molecular weight is 639 g/mol. The van der Waals surface area contributed by atoms with Crippen LogP contribution in [0.1, 0.15) is 40.0 Å². The topological polar surface area (TPSA) is 115 Å². The number of nitrogens with one attached hydrogen (secondary N) is 4. The molecule has 0 saturated heterocycles. The van der Waals surface area contributed by atoms with E-state index in [0.29, 0.717) is 42.2 Å². The molecule has 0 bridgehead atoms. The zero-order valence-corrected chi connectivity index (χ0v) is 26.4. The van der Waals surface area contributed by atoms with Gasteiger partial charge in [0.1, 0.15) is 12.4 Å². The van der Waals surface area contributed by atoms with Gasteiger partial charge in [0.25, 0.3) is 0 Å². The zero-order chi connectivity index (χ0) is 33.1. The van der Waals surface area contributed by atoms with Crippen LogP contribution in [-0.4, -0.2) is 29.2 Å². The molecule has 8 nitrogen and oxygen atoms in total. The van der Waals surface area contributed by atoms with Gasteiger partial charge in [-0.25, -0.2) is 4.79 Å². The Labute approximate surface area is 279 Å². The largest absolute Gasteiger partial charge is 0.487 e. The Morgan fingerprint density at radius 2 is 1.38 bits per heavy atom. The molecular formula is C40H38N4O4. The van der Waals surface area contributed by atoms with Gasteiger partial charge in [-0.05, 0) is 65.0 Å². The predicted octanol–water partition coefficient (Wildman–Crippen LogP) is 6.88. The molecule has 0 spiro atoms. The molecule has 6 aromatic rings. The van der Waals surface area contributed by atoms with Gasteiger partial charge in [-0.1, -0.05) is 109 Å². The van der Waals surface area contributed by atoms with Crippen molar-refractivity contribution >= 4 is 22.6 Å². The maximum absolute atomic E-state index is 13.0. The predicted molar refractivity (Wildman–Crippen MR) is 190 cm³/mol. The van der Waals surface area contributed by atoms with Crippen LogP contribution in [0.3, 0.4) is 0 Å². The number of hydrogen-bond donors (Lipinski definition) is 5. The van der Waals surface area contributed by atoms with Gasteiger partial charge in [-0.15, -0.1) is 0 Å². The van der Waals surface area contributed by atoms with Crippen molar-refractivity contribution in [2.45, 2.75) is 25.2 Å². The molecule has 48 heavy (non-hydrogen) atoms. The molecule has 0 saturated carbocycles. The van der Waals surface area contributed by atoms with E-state index in [4.69, 9.17) is 4.74 Å². The lowest BCUT2D eigenvalue weighted by Crippen LogP contribution is -2.33. The summed E-state index contributed by atoms with van der Waals surface area (Å²) >= 11 is 0. The summed E-state index contributed by atoms with van der Waals surface area (Å²) in [5.74, 6) is 0.554. The third-order valence-electron chi connectivity index (χ3n) is 8.17. The van der Waals surface area contributed by atoms with Crippen molar-refractivity contribution in [2.75, 3.05) is 18.4 Å². The van der Waals surface area contributed by atoms with Crippen molar-refractivity contribution < 1.29 is 14.6 Å². The summed E-state index contributed by atoms with van der Waals surface area (Å²) in [5.41, 5.74) is 5.84. The number of pyridine rings is 1. The van der Waals surface area contributed by atoms with E-state index in [-0.39, 0.29) is 17.6 Å². The molecule has 1 atom stereocenters. The highest BCUT2D eigenvalue weighted by molar-refractivity contribution is 5.90. The molecule has 0 fully saturated rings. The maximum atomic E-state index is 13.0. The number of rotatable bonds is 13. The fourth-order valence-electron chi connectivity index (χ4n) is 5.68. The fourth-order valence-corrected chi connectivity index (χ4v) is 5.68. The molecule has 1 heterocycles. The summed E-state index contributed by atoms with van der Waals surface area (Å²) in [5, 5.41) is 21.2. The molecule has 5 N–H and O–H groups in total. The normalized spacial score (nSPS) is 11.7. The third kappa shape index (κ3) is 8.36. The number of fused-ring (bicyclic) bond motifs is 1. The van der Waals surface area contributed by atoms with E-state index >= 15 is 0 Å². The molecule has 0 unspecified atom stereocenters. The number of hydrogen-bond acceptors (Lipinski definition) is 5. The van der Waals surface area contributed by atoms with Gasteiger partial charge in [-0.3, -0.25) is 4.79 Å². The number of carbonyl (C=O) groups is 1. The second-order valence-electron chi connectivity index (χ2n) is 11.6. The van der Waals surface area contributed by atoms with E-state index in [2.05, 4.69) is 20.9 Å². The third-order valence-corrected chi connectivity index (χ3v) is 8.17. The Balaban J connectivity index is 1.01. The number of aliphatic hydroxyl groups excluding tert-OH is 1. The molecule has 6 rings (SSSR count). The number of aliphatic hydroxyl groups is 1. The standard InChI is InChI=1S/C40H38N4O4/c45-35(33-20-22-36(39-34(33)21-23-37(46)43-39)48-27-29-10-4-1-5-11-29)26-41-25-24-28-16-18-32(19-17-28)42-40(47)44-38(30-12-6-2-7-13-30)31-14-8-3-9-15-31/h1-23,35,38,41,45H,24-27H2,(H,43,46)(H2,42,44,47)/t35-/m1/s1. The SMILES string of the molecule is O=C(Nc1ccc(CCNC[C@@H](O)c2ccc(OCc3ccccc3)c3[nH]c(=O)ccc23)cc1)NC(c1ccccc1)c1ccccc1. The van der Waals surface area contributed by atoms with Gasteiger partial charge in [0, 0.05) is 23.7 Å². The molecule has 5 aromatic carbocycles. The summed E-state index contributed by atoms with van der Waals surface area (Å²) in [6.07, 6.45) is -0.0499. The lowest BCUT2D eigenvalue weighted by molar-refractivity contribution is 0.176. The summed E-state index contributed by atoms with van der Waals surface area (Å²) in [6, 6.07) is 43.6. The van der Waals surface area contributed by atoms with Crippen molar-refractivity contribution in [1.82, 2.24) is 15.6 Å². The van der Waals surface area contributed by atoms with Crippen molar-refractivity contribution in [3.05, 3.63) is 178 Å². The Morgan fingerprint density at radius 3 is 2.04 bits per heavy atom. The molecule has 0 radical (unpaired) electrons.